The van der Waals surface area contributed by atoms with Gasteiger partial charge in [0.05, 0.1) is 10.6 Å². The molecule has 0 aliphatic carbocycles. The summed E-state index contributed by atoms with van der Waals surface area (Å²) in [6, 6.07) is 6.56. The molecule has 0 saturated carbocycles. The maximum absolute atomic E-state index is 11.9. The largest absolute Gasteiger partial charge is 0.381 e. The molecule has 0 fully saturated rings. The maximum atomic E-state index is 11.9. The van der Waals surface area contributed by atoms with Gasteiger partial charge >= 0.3 is 6.03 Å². The van der Waals surface area contributed by atoms with Crippen LogP contribution in [0.5, 0.6) is 0 Å². The summed E-state index contributed by atoms with van der Waals surface area (Å²) >= 11 is 5.94. The Kier molecular flexibility index (Phi) is 9.88. The van der Waals surface area contributed by atoms with Crippen molar-refractivity contribution in [3.63, 3.8) is 0 Å². The highest BCUT2D eigenvalue weighted by Crippen LogP contribution is 2.14. The lowest BCUT2D eigenvalue weighted by atomic mass is 10.2. The zero-order valence-corrected chi connectivity index (χ0v) is 15.0. The van der Waals surface area contributed by atoms with E-state index in [1.807, 2.05) is 0 Å². The monoisotopic (exact) mass is 355 g/mol. The standard InChI is InChI=1S/C17H26ClN3O3/c1-13(2)12-24-11-5-8-20-17(23)21-10-9-19-16(22)14-6-3-4-7-15(14)18/h3-4,6-7,13H,5,8-12H2,1-2H3,(H,19,22)(H2,20,21,23). The maximum Gasteiger partial charge on any atom is 0.314 e. The number of urea groups is 1. The second-order valence-corrected chi connectivity index (χ2v) is 6.15. The Labute approximate surface area is 148 Å². The summed E-state index contributed by atoms with van der Waals surface area (Å²) in [6.07, 6.45) is 0.767. The molecular weight excluding hydrogens is 330 g/mol. The first-order valence-electron chi connectivity index (χ1n) is 8.13. The molecule has 0 heterocycles. The zero-order valence-electron chi connectivity index (χ0n) is 14.2. The Hall–Kier alpha value is -1.79. The number of hydrogen-bond acceptors (Lipinski definition) is 3. The van der Waals surface area contributed by atoms with E-state index in [2.05, 4.69) is 29.8 Å². The Morgan fingerprint density at radius 3 is 2.46 bits per heavy atom. The average molecular weight is 356 g/mol. The topological polar surface area (TPSA) is 79.5 Å². The fourth-order valence-electron chi connectivity index (χ4n) is 1.85. The zero-order chi connectivity index (χ0) is 17.8. The van der Waals surface area contributed by atoms with Gasteiger partial charge in [0.1, 0.15) is 0 Å². The highest BCUT2D eigenvalue weighted by atomic mass is 35.5. The van der Waals surface area contributed by atoms with Crippen molar-refractivity contribution in [2.45, 2.75) is 20.3 Å². The summed E-state index contributed by atoms with van der Waals surface area (Å²) in [7, 11) is 0. The molecule has 0 aromatic heterocycles. The lowest BCUT2D eigenvalue weighted by molar-refractivity contribution is 0.0954. The summed E-state index contributed by atoms with van der Waals surface area (Å²) in [5, 5.41) is 8.52. The summed E-state index contributed by atoms with van der Waals surface area (Å²) < 4.78 is 5.42. The highest BCUT2D eigenvalue weighted by molar-refractivity contribution is 6.33. The number of nitrogens with one attached hydrogen (secondary N) is 3. The lowest BCUT2D eigenvalue weighted by Crippen LogP contribution is -2.40. The molecule has 3 amide bonds. The van der Waals surface area contributed by atoms with E-state index in [1.165, 1.54) is 0 Å². The fraction of sp³-hybridized carbons (Fsp3) is 0.529. The smallest absolute Gasteiger partial charge is 0.314 e. The van der Waals surface area contributed by atoms with E-state index in [0.29, 0.717) is 42.7 Å². The molecule has 1 aromatic rings. The molecule has 134 valence electrons. The minimum absolute atomic E-state index is 0.258. The minimum atomic E-state index is -0.259. The molecule has 0 bridgehead atoms. The first kappa shape index (κ1) is 20.3. The van der Waals surface area contributed by atoms with Crippen molar-refractivity contribution in [2.24, 2.45) is 5.92 Å². The van der Waals surface area contributed by atoms with Crippen molar-refractivity contribution in [2.75, 3.05) is 32.8 Å². The van der Waals surface area contributed by atoms with Crippen LogP contribution in [0.4, 0.5) is 4.79 Å². The van der Waals surface area contributed by atoms with Crippen LogP contribution in [-0.2, 0) is 4.74 Å². The first-order chi connectivity index (χ1) is 11.5. The number of benzene rings is 1. The number of amides is 3. The SMILES string of the molecule is CC(C)COCCCNC(=O)NCCNC(=O)c1ccccc1Cl. The Morgan fingerprint density at radius 1 is 1.08 bits per heavy atom. The number of ether oxygens (including phenoxy) is 1. The molecular formula is C17H26ClN3O3. The summed E-state index contributed by atoms with van der Waals surface area (Å²) in [4.78, 5) is 23.4. The van der Waals surface area contributed by atoms with E-state index in [4.69, 9.17) is 16.3 Å². The predicted octanol–water partition coefficient (Wildman–Crippen LogP) is 2.43. The van der Waals surface area contributed by atoms with Gasteiger partial charge in [-0.1, -0.05) is 37.6 Å². The number of carbonyl (C=O) groups excluding carboxylic acids is 2. The van der Waals surface area contributed by atoms with E-state index in [9.17, 15) is 9.59 Å². The third kappa shape index (κ3) is 8.74. The van der Waals surface area contributed by atoms with Gasteiger partial charge in [0.15, 0.2) is 0 Å². The molecule has 0 unspecified atom stereocenters. The third-order valence-corrected chi connectivity index (χ3v) is 3.35. The molecule has 0 spiro atoms. The van der Waals surface area contributed by atoms with Crippen molar-refractivity contribution in [1.82, 2.24) is 16.0 Å². The van der Waals surface area contributed by atoms with Gasteiger partial charge in [0, 0.05) is 32.8 Å². The molecule has 0 saturated heterocycles. The molecule has 0 radical (unpaired) electrons. The highest BCUT2D eigenvalue weighted by Gasteiger charge is 2.08. The van der Waals surface area contributed by atoms with E-state index in [-0.39, 0.29) is 11.9 Å². The Bertz CT molecular complexity index is 524. The van der Waals surface area contributed by atoms with Crippen LogP contribution in [0.2, 0.25) is 5.02 Å². The molecule has 1 rings (SSSR count). The Morgan fingerprint density at radius 2 is 1.75 bits per heavy atom. The van der Waals surface area contributed by atoms with Crippen LogP contribution in [0.1, 0.15) is 30.6 Å². The van der Waals surface area contributed by atoms with Crippen molar-refractivity contribution in [3.8, 4) is 0 Å². The second kappa shape index (κ2) is 11.7. The van der Waals surface area contributed by atoms with Gasteiger partial charge in [-0.05, 0) is 24.5 Å². The van der Waals surface area contributed by atoms with Crippen molar-refractivity contribution in [3.05, 3.63) is 34.9 Å². The minimum Gasteiger partial charge on any atom is -0.381 e. The quantitative estimate of drug-likeness (QED) is 0.564. The molecule has 0 aliphatic rings. The molecule has 0 atom stereocenters. The van der Waals surface area contributed by atoms with Crippen LogP contribution in [0.25, 0.3) is 0 Å². The van der Waals surface area contributed by atoms with E-state index in [1.54, 1.807) is 24.3 Å². The summed E-state index contributed by atoms with van der Waals surface area (Å²) in [6.45, 7) is 6.77. The van der Waals surface area contributed by atoms with Crippen LogP contribution in [0.15, 0.2) is 24.3 Å². The van der Waals surface area contributed by atoms with Crippen LogP contribution < -0.4 is 16.0 Å². The molecule has 6 nitrogen and oxygen atoms in total. The molecule has 1 aromatic carbocycles. The van der Waals surface area contributed by atoms with E-state index in [0.717, 1.165) is 13.0 Å². The van der Waals surface area contributed by atoms with E-state index >= 15 is 0 Å². The third-order valence-electron chi connectivity index (χ3n) is 3.02. The van der Waals surface area contributed by atoms with Gasteiger partial charge in [-0.2, -0.15) is 0 Å². The van der Waals surface area contributed by atoms with Gasteiger partial charge in [-0.15, -0.1) is 0 Å². The fourth-order valence-corrected chi connectivity index (χ4v) is 2.07. The van der Waals surface area contributed by atoms with Crippen molar-refractivity contribution >= 4 is 23.5 Å². The van der Waals surface area contributed by atoms with Gasteiger partial charge in [-0.3, -0.25) is 4.79 Å². The number of rotatable bonds is 10. The molecule has 3 N–H and O–H groups in total. The van der Waals surface area contributed by atoms with Gasteiger partial charge in [0.25, 0.3) is 5.91 Å². The first-order valence-corrected chi connectivity index (χ1v) is 8.50. The van der Waals surface area contributed by atoms with Crippen LogP contribution in [0, 0.1) is 5.92 Å². The van der Waals surface area contributed by atoms with Crippen LogP contribution in [-0.4, -0.2) is 44.8 Å². The molecule has 7 heteroatoms. The van der Waals surface area contributed by atoms with Gasteiger partial charge < -0.3 is 20.7 Å². The van der Waals surface area contributed by atoms with Crippen LogP contribution in [0.3, 0.4) is 0 Å². The number of carbonyl (C=O) groups is 2. The Balaban J connectivity index is 2.05. The van der Waals surface area contributed by atoms with E-state index < -0.39 is 0 Å². The summed E-state index contributed by atoms with van der Waals surface area (Å²) in [5.74, 6) is 0.257. The molecule has 0 aliphatic heterocycles. The van der Waals surface area contributed by atoms with Crippen LogP contribution >= 0.6 is 11.6 Å². The summed E-state index contributed by atoms with van der Waals surface area (Å²) in [5.41, 5.74) is 0.421. The van der Waals surface area contributed by atoms with Crippen molar-refractivity contribution in [1.29, 1.82) is 0 Å². The van der Waals surface area contributed by atoms with Gasteiger partial charge in [-0.25, -0.2) is 4.79 Å². The van der Waals surface area contributed by atoms with Crippen molar-refractivity contribution < 1.29 is 14.3 Å². The predicted molar refractivity (Wildman–Crippen MR) is 95.5 cm³/mol. The average Bonchev–Trinajstić information content (AvgIpc) is 2.54. The number of hydrogen-bond donors (Lipinski definition) is 3. The van der Waals surface area contributed by atoms with Gasteiger partial charge in [0.2, 0.25) is 0 Å². The number of halogens is 1. The normalized spacial score (nSPS) is 10.5. The lowest BCUT2D eigenvalue weighted by Gasteiger charge is -2.10. The second-order valence-electron chi connectivity index (χ2n) is 5.74. The molecule has 24 heavy (non-hydrogen) atoms.